The Labute approximate surface area is 125 Å². The number of carbonyl (C=O) groups is 2. The van der Waals surface area contributed by atoms with E-state index in [-0.39, 0.29) is 11.5 Å². The first kappa shape index (κ1) is 14.5. The second-order valence-corrected chi connectivity index (χ2v) is 5.00. The molecule has 0 unspecified atom stereocenters. The van der Waals surface area contributed by atoms with Crippen LogP contribution in [0.3, 0.4) is 0 Å². The van der Waals surface area contributed by atoms with Crippen LogP contribution in [-0.2, 0) is 0 Å². The average Bonchev–Trinajstić information content (AvgIpc) is 2.49. The van der Waals surface area contributed by atoms with Crippen molar-refractivity contribution in [2.45, 2.75) is 13.3 Å². The minimum absolute atomic E-state index is 0.0674. The summed E-state index contributed by atoms with van der Waals surface area (Å²) in [6, 6.07) is 13.8. The van der Waals surface area contributed by atoms with Crippen molar-refractivity contribution in [2.24, 2.45) is 0 Å². The van der Waals surface area contributed by atoms with Crippen LogP contribution in [0, 0.1) is 0 Å². The zero-order valence-corrected chi connectivity index (χ0v) is 12.5. The molecule has 0 spiro atoms. The lowest BCUT2D eigenvalue weighted by Crippen LogP contribution is -2.11. The SMILES string of the molecule is CCC(=O)c1cccc(Br)c1OC(=O)c1ccccc1. The number of hydrogen-bond acceptors (Lipinski definition) is 3. The highest BCUT2D eigenvalue weighted by Crippen LogP contribution is 2.30. The van der Waals surface area contributed by atoms with Crippen LogP contribution < -0.4 is 4.74 Å². The number of benzene rings is 2. The third kappa shape index (κ3) is 3.14. The van der Waals surface area contributed by atoms with Crippen molar-refractivity contribution in [3.63, 3.8) is 0 Å². The van der Waals surface area contributed by atoms with Crippen LogP contribution in [-0.4, -0.2) is 11.8 Å². The fourth-order valence-corrected chi connectivity index (χ4v) is 2.20. The molecule has 0 aromatic heterocycles. The lowest BCUT2D eigenvalue weighted by atomic mass is 10.1. The number of ketones is 1. The first-order valence-electron chi connectivity index (χ1n) is 6.22. The molecule has 2 aromatic carbocycles. The van der Waals surface area contributed by atoms with Gasteiger partial charge in [0.05, 0.1) is 15.6 Å². The first-order valence-corrected chi connectivity index (χ1v) is 7.01. The third-order valence-corrected chi connectivity index (χ3v) is 3.42. The summed E-state index contributed by atoms with van der Waals surface area (Å²) in [5.41, 5.74) is 0.851. The molecule has 0 heterocycles. The lowest BCUT2D eigenvalue weighted by molar-refractivity contribution is 0.0731. The van der Waals surface area contributed by atoms with Crippen LogP contribution in [0.1, 0.15) is 34.1 Å². The Bertz CT molecular complexity index is 635. The Kier molecular flexibility index (Phi) is 4.69. The largest absolute Gasteiger partial charge is 0.421 e. The van der Waals surface area contributed by atoms with E-state index in [9.17, 15) is 9.59 Å². The van der Waals surface area contributed by atoms with Crippen molar-refractivity contribution in [3.05, 3.63) is 64.1 Å². The highest BCUT2D eigenvalue weighted by Gasteiger charge is 2.17. The quantitative estimate of drug-likeness (QED) is 0.477. The molecule has 0 amide bonds. The number of halogens is 1. The molecule has 0 aliphatic rings. The molecule has 0 bridgehead atoms. The van der Waals surface area contributed by atoms with E-state index in [2.05, 4.69) is 15.9 Å². The van der Waals surface area contributed by atoms with Gasteiger partial charge in [0.25, 0.3) is 0 Å². The molecule has 2 aromatic rings. The molecule has 2 rings (SSSR count). The lowest BCUT2D eigenvalue weighted by Gasteiger charge is -2.10. The molecule has 20 heavy (non-hydrogen) atoms. The van der Waals surface area contributed by atoms with Crippen LogP contribution in [0.5, 0.6) is 5.75 Å². The van der Waals surface area contributed by atoms with E-state index in [0.717, 1.165) is 0 Å². The maximum atomic E-state index is 12.1. The Balaban J connectivity index is 2.34. The van der Waals surface area contributed by atoms with Gasteiger partial charge in [-0.25, -0.2) is 4.79 Å². The number of para-hydroxylation sites is 1. The first-order chi connectivity index (χ1) is 9.63. The van der Waals surface area contributed by atoms with Gasteiger partial charge in [-0.2, -0.15) is 0 Å². The number of hydrogen-bond donors (Lipinski definition) is 0. The summed E-state index contributed by atoms with van der Waals surface area (Å²) in [4.78, 5) is 24.0. The Morgan fingerprint density at radius 2 is 1.75 bits per heavy atom. The second-order valence-electron chi connectivity index (χ2n) is 4.15. The zero-order valence-electron chi connectivity index (χ0n) is 10.9. The highest BCUT2D eigenvalue weighted by atomic mass is 79.9. The van der Waals surface area contributed by atoms with Gasteiger partial charge in [-0.1, -0.05) is 31.2 Å². The second kappa shape index (κ2) is 6.48. The molecule has 0 saturated heterocycles. The number of esters is 1. The van der Waals surface area contributed by atoms with Gasteiger partial charge in [-0.15, -0.1) is 0 Å². The predicted octanol–water partition coefficient (Wildman–Crippen LogP) is 4.26. The van der Waals surface area contributed by atoms with Crippen molar-refractivity contribution in [2.75, 3.05) is 0 Å². The fraction of sp³-hybridized carbons (Fsp3) is 0.125. The summed E-state index contributed by atoms with van der Waals surface area (Å²) >= 11 is 3.32. The minimum atomic E-state index is -0.484. The molecule has 0 fully saturated rings. The average molecular weight is 333 g/mol. The zero-order chi connectivity index (χ0) is 14.5. The molecule has 4 heteroatoms. The molecular weight excluding hydrogens is 320 g/mol. The van der Waals surface area contributed by atoms with Crippen LogP contribution in [0.2, 0.25) is 0 Å². The monoisotopic (exact) mass is 332 g/mol. The van der Waals surface area contributed by atoms with Gasteiger partial charge in [-0.3, -0.25) is 4.79 Å². The molecule has 0 radical (unpaired) electrons. The van der Waals surface area contributed by atoms with E-state index in [1.807, 2.05) is 6.07 Å². The number of Topliss-reactive ketones (excluding diaryl/α,β-unsaturated/α-hetero) is 1. The van der Waals surface area contributed by atoms with Crippen molar-refractivity contribution >= 4 is 27.7 Å². The molecule has 0 aliphatic heterocycles. The number of rotatable bonds is 4. The van der Waals surface area contributed by atoms with Gasteiger partial charge in [0, 0.05) is 6.42 Å². The Hall–Kier alpha value is -1.94. The summed E-state index contributed by atoms with van der Waals surface area (Å²) in [6.07, 6.45) is 0.354. The summed E-state index contributed by atoms with van der Waals surface area (Å²) in [7, 11) is 0. The number of carbonyl (C=O) groups excluding carboxylic acids is 2. The molecule has 0 aliphatic carbocycles. The summed E-state index contributed by atoms with van der Waals surface area (Å²) in [5, 5.41) is 0. The summed E-state index contributed by atoms with van der Waals surface area (Å²) in [6.45, 7) is 1.77. The summed E-state index contributed by atoms with van der Waals surface area (Å²) in [5.74, 6) is -0.280. The van der Waals surface area contributed by atoms with Crippen LogP contribution >= 0.6 is 15.9 Å². The van der Waals surface area contributed by atoms with Crippen LogP contribution in [0.4, 0.5) is 0 Å². The van der Waals surface area contributed by atoms with Crippen LogP contribution in [0.15, 0.2) is 53.0 Å². The maximum Gasteiger partial charge on any atom is 0.343 e. The van der Waals surface area contributed by atoms with Gasteiger partial charge in [0.1, 0.15) is 0 Å². The highest BCUT2D eigenvalue weighted by molar-refractivity contribution is 9.10. The van der Waals surface area contributed by atoms with Crippen LogP contribution in [0.25, 0.3) is 0 Å². The van der Waals surface area contributed by atoms with E-state index in [1.165, 1.54) is 0 Å². The van der Waals surface area contributed by atoms with E-state index in [0.29, 0.717) is 22.0 Å². The smallest absolute Gasteiger partial charge is 0.343 e. The van der Waals surface area contributed by atoms with E-state index in [1.54, 1.807) is 49.4 Å². The van der Waals surface area contributed by atoms with Gasteiger partial charge < -0.3 is 4.74 Å². The molecule has 0 atom stereocenters. The van der Waals surface area contributed by atoms with E-state index >= 15 is 0 Å². The van der Waals surface area contributed by atoms with E-state index < -0.39 is 5.97 Å². The van der Waals surface area contributed by atoms with Crippen molar-refractivity contribution in [1.82, 2.24) is 0 Å². The Morgan fingerprint density at radius 1 is 1.05 bits per heavy atom. The molecule has 3 nitrogen and oxygen atoms in total. The fourth-order valence-electron chi connectivity index (χ4n) is 1.75. The van der Waals surface area contributed by atoms with Gasteiger partial charge in [0.15, 0.2) is 11.5 Å². The van der Waals surface area contributed by atoms with Crippen molar-refractivity contribution in [3.8, 4) is 5.75 Å². The topological polar surface area (TPSA) is 43.4 Å². The summed E-state index contributed by atoms with van der Waals surface area (Å²) < 4.78 is 5.96. The molecule has 102 valence electrons. The Morgan fingerprint density at radius 3 is 2.40 bits per heavy atom. The molecule has 0 saturated carbocycles. The normalized spacial score (nSPS) is 10.1. The molecule has 0 N–H and O–H groups in total. The predicted molar refractivity (Wildman–Crippen MR) is 80.2 cm³/mol. The minimum Gasteiger partial charge on any atom is -0.421 e. The van der Waals surface area contributed by atoms with Gasteiger partial charge in [0.2, 0.25) is 0 Å². The standard InChI is InChI=1S/C16H13BrO3/c1-2-14(18)12-9-6-10-13(17)15(12)20-16(19)11-7-4-3-5-8-11/h3-10H,2H2,1H3. The number of ether oxygens (including phenoxy) is 1. The van der Waals surface area contributed by atoms with E-state index in [4.69, 9.17) is 4.74 Å². The molecular formula is C16H13BrO3. The van der Waals surface area contributed by atoms with Crippen molar-refractivity contribution < 1.29 is 14.3 Å². The third-order valence-electron chi connectivity index (χ3n) is 2.79. The van der Waals surface area contributed by atoms with Gasteiger partial charge in [-0.05, 0) is 40.2 Å². The van der Waals surface area contributed by atoms with Gasteiger partial charge >= 0.3 is 5.97 Å². The van der Waals surface area contributed by atoms with Crippen molar-refractivity contribution in [1.29, 1.82) is 0 Å². The maximum absolute atomic E-state index is 12.1.